The number of halogens is 1. The van der Waals surface area contributed by atoms with E-state index in [9.17, 15) is 14.0 Å². The van der Waals surface area contributed by atoms with E-state index < -0.39 is 0 Å². The Hall–Kier alpha value is -3.24. The van der Waals surface area contributed by atoms with Crippen LogP contribution in [-0.2, 0) is 4.79 Å². The van der Waals surface area contributed by atoms with Gasteiger partial charge >= 0.3 is 0 Å². The molecular formula is C27H28FN5O2S2. The van der Waals surface area contributed by atoms with Crippen molar-refractivity contribution in [2.24, 2.45) is 0 Å². The predicted octanol–water partition coefficient (Wildman–Crippen LogP) is 4.47. The number of amides is 1. The van der Waals surface area contributed by atoms with Gasteiger partial charge < -0.3 is 9.80 Å². The SMILES string of the molecule is CC[C@H](C)N1C(=O)/C(=C/c2c(N3CCN(c4ccccc4F)CC3)nc3c(C)cccn3c2=O)SC1=S. The molecule has 1 atom stereocenters. The Morgan fingerprint density at radius 3 is 2.51 bits per heavy atom. The van der Waals surface area contributed by atoms with Crippen LogP contribution in [0.1, 0.15) is 31.4 Å². The van der Waals surface area contributed by atoms with E-state index in [2.05, 4.69) is 0 Å². The van der Waals surface area contributed by atoms with E-state index in [1.54, 1.807) is 29.3 Å². The summed E-state index contributed by atoms with van der Waals surface area (Å²) in [6.07, 6.45) is 4.11. The van der Waals surface area contributed by atoms with Crippen molar-refractivity contribution >= 4 is 57.4 Å². The topological polar surface area (TPSA) is 61.2 Å². The number of aryl methyl sites for hydroxylation is 1. The lowest BCUT2D eigenvalue weighted by Crippen LogP contribution is -2.47. The molecule has 0 bridgehead atoms. The highest BCUT2D eigenvalue weighted by Gasteiger charge is 2.35. The molecule has 0 unspecified atom stereocenters. The summed E-state index contributed by atoms with van der Waals surface area (Å²) in [6, 6.07) is 10.4. The minimum absolute atomic E-state index is 0.0252. The van der Waals surface area contributed by atoms with Crippen molar-refractivity contribution in [3.63, 3.8) is 0 Å². The molecule has 5 rings (SSSR count). The number of hydrogen-bond donors (Lipinski definition) is 0. The van der Waals surface area contributed by atoms with Crippen molar-refractivity contribution in [1.29, 1.82) is 0 Å². The Balaban J connectivity index is 1.55. The maximum absolute atomic E-state index is 14.4. The van der Waals surface area contributed by atoms with Gasteiger partial charge in [-0.3, -0.25) is 18.9 Å². The van der Waals surface area contributed by atoms with Crippen molar-refractivity contribution in [3.8, 4) is 0 Å². The van der Waals surface area contributed by atoms with Gasteiger partial charge in [-0.2, -0.15) is 0 Å². The van der Waals surface area contributed by atoms with Gasteiger partial charge in [-0.05, 0) is 50.1 Å². The molecule has 2 saturated heterocycles. The van der Waals surface area contributed by atoms with Crippen LogP contribution in [0, 0.1) is 12.7 Å². The van der Waals surface area contributed by atoms with Gasteiger partial charge in [0.1, 0.15) is 21.6 Å². The quantitative estimate of drug-likeness (QED) is 0.352. The second-order valence-electron chi connectivity index (χ2n) is 9.27. The number of benzene rings is 1. The molecule has 2 aliphatic rings. The highest BCUT2D eigenvalue weighted by Crippen LogP contribution is 2.35. The third-order valence-corrected chi connectivity index (χ3v) is 8.30. The summed E-state index contributed by atoms with van der Waals surface area (Å²) in [4.78, 5) is 38.0. The molecule has 0 saturated carbocycles. The Labute approximate surface area is 224 Å². The first kappa shape index (κ1) is 25.4. The number of carbonyl (C=O) groups is 1. The van der Waals surface area contributed by atoms with E-state index in [4.69, 9.17) is 17.2 Å². The lowest BCUT2D eigenvalue weighted by Gasteiger charge is -2.37. The van der Waals surface area contributed by atoms with Crippen LogP contribution in [0.15, 0.2) is 52.3 Å². The number of anilines is 2. The summed E-state index contributed by atoms with van der Waals surface area (Å²) in [5, 5.41) is 0. The highest BCUT2D eigenvalue weighted by molar-refractivity contribution is 8.26. The van der Waals surface area contributed by atoms with Crippen molar-refractivity contribution in [2.45, 2.75) is 33.2 Å². The van der Waals surface area contributed by atoms with Gasteiger partial charge in [-0.25, -0.2) is 9.37 Å². The first-order valence-electron chi connectivity index (χ1n) is 12.3. The number of thiocarbonyl (C=S) groups is 1. The third-order valence-electron chi connectivity index (χ3n) is 6.97. The molecule has 1 amide bonds. The van der Waals surface area contributed by atoms with Crippen LogP contribution >= 0.6 is 24.0 Å². The molecule has 1 aromatic carbocycles. The van der Waals surface area contributed by atoms with Gasteiger partial charge in [0.15, 0.2) is 0 Å². The Morgan fingerprint density at radius 2 is 1.81 bits per heavy atom. The zero-order valence-electron chi connectivity index (χ0n) is 21.0. The van der Waals surface area contributed by atoms with E-state index in [1.807, 2.05) is 48.8 Å². The number of carbonyl (C=O) groups excluding carboxylic acids is 1. The molecular weight excluding hydrogens is 509 g/mol. The molecule has 2 aliphatic heterocycles. The van der Waals surface area contributed by atoms with E-state index in [0.717, 1.165) is 12.0 Å². The Kier molecular flexibility index (Phi) is 7.04. The molecule has 37 heavy (non-hydrogen) atoms. The minimum atomic E-state index is -0.252. The summed E-state index contributed by atoms with van der Waals surface area (Å²) in [5.74, 6) is 0.0902. The molecule has 3 aromatic rings. The number of aromatic nitrogens is 2. The standard InChI is InChI=1S/C27H28FN5O2S2/c1-4-18(3)33-26(35)22(37-27(33)36)16-19-24(29-23-17(2)8-7-11-32(23)25(19)34)31-14-12-30(13-15-31)21-10-6-5-9-20(21)28/h5-11,16,18H,4,12-15H2,1-3H3/b22-16-/t18-/m0/s1. The molecule has 2 fully saturated rings. The number of para-hydroxylation sites is 1. The van der Waals surface area contributed by atoms with Crippen molar-refractivity contribution in [1.82, 2.24) is 14.3 Å². The van der Waals surface area contributed by atoms with E-state index in [0.29, 0.717) is 58.1 Å². The molecule has 2 aromatic heterocycles. The van der Waals surface area contributed by atoms with Crippen LogP contribution < -0.4 is 15.4 Å². The predicted molar refractivity (Wildman–Crippen MR) is 152 cm³/mol. The molecule has 192 valence electrons. The van der Waals surface area contributed by atoms with E-state index in [1.165, 1.54) is 22.2 Å². The maximum Gasteiger partial charge on any atom is 0.267 e. The average molecular weight is 538 g/mol. The molecule has 0 aliphatic carbocycles. The zero-order valence-corrected chi connectivity index (χ0v) is 22.6. The van der Waals surface area contributed by atoms with Gasteiger partial charge in [-0.15, -0.1) is 0 Å². The van der Waals surface area contributed by atoms with Gasteiger partial charge in [0.25, 0.3) is 11.5 Å². The largest absolute Gasteiger partial charge is 0.366 e. The minimum Gasteiger partial charge on any atom is -0.366 e. The normalized spacial score (nSPS) is 18.4. The van der Waals surface area contributed by atoms with Crippen molar-refractivity contribution < 1.29 is 9.18 Å². The van der Waals surface area contributed by atoms with Crippen LogP contribution in [0.3, 0.4) is 0 Å². The monoisotopic (exact) mass is 537 g/mol. The van der Waals surface area contributed by atoms with Gasteiger partial charge in [0.2, 0.25) is 0 Å². The third kappa shape index (κ3) is 4.64. The summed E-state index contributed by atoms with van der Waals surface area (Å²) < 4.78 is 16.4. The number of nitrogens with zero attached hydrogens (tertiary/aromatic N) is 5. The van der Waals surface area contributed by atoms with Crippen LogP contribution in [0.4, 0.5) is 15.9 Å². The number of rotatable bonds is 5. The second kappa shape index (κ2) is 10.3. The smallest absolute Gasteiger partial charge is 0.267 e. The first-order chi connectivity index (χ1) is 17.8. The molecule has 10 heteroatoms. The maximum atomic E-state index is 14.4. The highest BCUT2D eigenvalue weighted by atomic mass is 32.2. The molecule has 0 N–H and O–H groups in total. The van der Waals surface area contributed by atoms with Crippen LogP contribution in [0.25, 0.3) is 11.7 Å². The summed E-state index contributed by atoms with van der Waals surface area (Å²) >= 11 is 6.71. The second-order valence-corrected chi connectivity index (χ2v) is 10.9. The fourth-order valence-electron chi connectivity index (χ4n) is 4.71. The summed E-state index contributed by atoms with van der Waals surface area (Å²) in [5.41, 5.74) is 2.13. The number of thioether (sulfide) groups is 1. The van der Waals surface area contributed by atoms with Gasteiger partial charge in [0, 0.05) is 38.4 Å². The Bertz CT molecular complexity index is 1480. The molecule has 4 heterocycles. The lowest BCUT2D eigenvalue weighted by molar-refractivity contribution is -0.123. The van der Waals surface area contributed by atoms with E-state index >= 15 is 0 Å². The zero-order chi connectivity index (χ0) is 26.3. The number of pyridine rings is 1. The van der Waals surface area contributed by atoms with Gasteiger partial charge in [-0.1, -0.05) is 49.1 Å². The van der Waals surface area contributed by atoms with Crippen molar-refractivity contribution in [3.05, 3.63) is 74.8 Å². The first-order valence-corrected chi connectivity index (χ1v) is 13.6. The van der Waals surface area contributed by atoms with Crippen LogP contribution in [0.2, 0.25) is 0 Å². The number of piperazine rings is 1. The van der Waals surface area contributed by atoms with Crippen LogP contribution in [0.5, 0.6) is 0 Å². The fourth-order valence-corrected chi connectivity index (χ4v) is 6.15. The number of fused-ring (bicyclic) bond motifs is 1. The number of hydrogen-bond acceptors (Lipinski definition) is 7. The average Bonchev–Trinajstić information content (AvgIpc) is 3.18. The van der Waals surface area contributed by atoms with E-state index in [-0.39, 0.29) is 23.3 Å². The van der Waals surface area contributed by atoms with Gasteiger partial charge in [0.05, 0.1) is 16.2 Å². The van der Waals surface area contributed by atoms with Crippen molar-refractivity contribution in [2.75, 3.05) is 36.0 Å². The Morgan fingerprint density at radius 1 is 1.11 bits per heavy atom. The summed E-state index contributed by atoms with van der Waals surface area (Å²) in [7, 11) is 0. The molecule has 0 radical (unpaired) electrons. The fraction of sp³-hybridized carbons (Fsp3) is 0.333. The molecule has 7 nitrogen and oxygen atoms in total. The molecule has 0 spiro atoms. The van der Waals surface area contributed by atoms with Crippen LogP contribution in [-0.4, -0.2) is 56.7 Å². The summed E-state index contributed by atoms with van der Waals surface area (Å²) in [6.45, 7) is 8.14. The lowest BCUT2D eigenvalue weighted by atomic mass is 10.1.